The Kier molecular flexibility index (Phi) is 4.48. The van der Waals surface area contributed by atoms with E-state index >= 15 is 0 Å². The lowest BCUT2D eigenvalue weighted by atomic mass is 9.77. The van der Waals surface area contributed by atoms with Gasteiger partial charge in [-0.2, -0.15) is 0 Å². The van der Waals surface area contributed by atoms with Gasteiger partial charge in [-0.05, 0) is 63.1 Å². The summed E-state index contributed by atoms with van der Waals surface area (Å²) < 4.78 is 0. The number of nitrogens with zero attached hydrogens (tertiary/aromatic N) is 1. The first kappa shape index (κ1) is 13.4. The van der Waals surface area contributed by atoms with Gasteiger partial charge in [-0.3, -0.25) is 0 Å². The molecule has 100 valence electrons. The maximum absolute atomic E-state index is 3.62. The molecule has 2 saturated heterocycles. The van der Waals surface area contributed by atoms with Crippen LogP contribution in [0.5, 0.6) is 0 Å². The summed E-state index contributed by atoms with van der Waals surface area (Å²) in [5.41, 5.74) is 0.502. The van der Waals surface area contributed by atoms with Crippen LogP contribution < -0.4 is 5.32 Å². The molecule has 0 aromatic carbocycles. The molecule has 2 fully saturated rings. The third-order valence-electron chi connectivity index (χ3n) is 4.69. The first-order valence-corrected chi connectivity index (χ1v) is 7.51. The van der Waals surface area contributed by atoms with E-state index in [9.17, 15) is 0 Å². The Morgan fingerprint density at radius 1 is 1.06 bits per heavy atom. The van der Waals surface area contributed by atoms with E-state index in [0.29, 0.717) is 5.41 Å². The molecular formula is C15H30N2. The van der Waals surface area contributed by atoms with Crippen LogP contribution in [0.25, 0.3) is 0 Å². The van der Waals surface area contributed by atoms with Crippen molar-refractivity contribution in [1.29, 1.82) is 0 Å². The maximum atomic E-state index is 3.62. The molecule has 2 rings (SSSR count). The normalized spacial score (nSPS) is 32.6. The fourth-order valence-electron chi connectivity index (χ4n) is 3.43. The lowest BCUT2D eigenvalue weighted by Crippen LogP contribution is -2.38. The van der Waals surface area contributed by atoms with E-state index in [1.165, 1.54) is 58.3 Å². The average molecular weight is 238 g/mol. The number of nitrogens with one attached hydrogen (secondary N) is 1. The van der Waals surface area contributed by atoms with Crippen molar-refractivity contribution >= 4 is 0 Å². The van der Waals surface area contributed by atoms with Crippen molar-refractivity contribution in [3.63, 3.8) is 0 Å². The Labute approximate surface area is 107 Å². The highest BCUT2D eigenvalue weighted by molar-refractivity contribution is 4.82. The topological polar surface area (TPSA) is 15.3 Å². The quantitative estimate of drug-likeness (QED) is 0.796. The van der Waals surface area contributed by atoms with Crippen molar-refractivity contribution in [1.82, 2.24) is 10.2 Å². The zero-order valence-electron chi connectivity index (χ0n) is 12.0. The molecule has 2 atom stereocenters. The van der Waals surface area contributed by atoms with E-state index < -0.39 is 0 Å². The molecule has 0 saturated carbocycles. The van der Waals surface area contributed by atoms with Gasteiger partial charge in [0.1, 0.15) is 0 Å². The van der Waals surface area contributed by atoms with E-state index in [1.807, 2.05) is 0 Å². The molecule has 17 heavy (non-hydrogen) atoms. The molecule has 2 aliphatic rings. The molecule has 2 heteroatoms. The van der Waals surface area contributed by atoms with Crippen molar-refractivity contribution in [2.45, 2.75) is 58.9 Å². The number of hydrogen-bond donors (Lipinski definition) is 1. The third-order valence-corrected chi connectivity index (χ3v) is 4.69. The Morgan fingerprint density at radius 2 is 1.88 bits per heavy atom. The summed E-state index contributed by atoms with van der Waals surface area (Å²) in [6, 6.07) is 0.779. The van der Waals surface area contributed by atoms with Gasteiger partial charge in [0.05, 0.1) is 0 Å². The first-order valence-electron chi connectivity index (χ1n) is 7.51. The Balaban J connectivity index is 1.79. The van der Waals surface area contributed by atoms with Gasteiger partial charge in [-0.25, -0.2) is 0 Å². The predicted octanol–water partition coefficient (Wildman–Crippen LogP) is 2.89. The van der Waals surface area contributed by atoms with Crippen LogP contribution in [-0.4, -0.2) is 37.1 Å². The molecule has 0 amide bonds. The Morgan fingerprint density at radius 3 is 2.53 bits per heavy atom. The summed E-state index contributed by atoms with van der Waals surface area (Å²) in [5.74, 6) is 0.920. The molecule has 2 nitrogen and oxygen atoms in total. The van der Waals surface area contributed by atoms with E-state index in [0.717, 1.165) is 12.0 Å². The van der Waals surface area contributed by atoms with E-state index in [4.69, 9.17) is 0 Å². The highest BCUT2D eigenvalue weighted by atomic mass is 15.2. The smallest absolute Gasteiger partial charge is 0.0195 e. The molecule has 0 spiro atoms. The molecule has 2 aliphatic heterocycles. The van der Waals surface area contributed by atoms with Gasteiger partial charge in [0, 0.05) is 12.6 Å². The molecule has 0 aromatic heterocycles. The maximum Gasteiger partial charge on any atom is 0.0195 e. The highest BCUT2D eigenvalue weighted by Gasteiger charge is 2.27. The minimum Gasteiger partial charge on any atom is -0.313 e. The molecule has 2 unspecified atom stereocenters. The van der Waals surface area contributed by atoms with Gasteiger partial charge in [0.15, 0.2) is 0 Å². The van der Waals surface area contributed by atoms with Crippen LogP contribution in [0.4, 0.5) is 0 Å². The predicted molar refractivity (Wildman–Crippen MR) is 74.3 cm³/mol. The lowest BCUT2D eigenvalue weighted by Gasteiger charge is -2.30. The summed E-state index contributed by atoms with van der Waals surface area (Å²) in [6.45, 7) is 12.4. The minimum atomic E-state index is 0.502. The van der Waals surface area contributed by atoms with E-state index in [2.05, 4.69) is 31.0 Å². The van der Waals surface area contributed by atoms with Crippen LogP contribution in [0.3, 0.4) is 0 Å². The second-order valence-electron chi connectivity index (χ2n) is 7.09. The monoisotopic (exact) mass is 238 g/mol. The summed E-state index contributed by atoms with van der Waals surface area (Å²) >= 11 is 0. The van der Waals surface area contributed by atoms with Gasteiger partial charge in [-0.15, -0.1) is 0 Å². The minimum absolute atomic E-state index is 0.502. The van der Waals surface area contributed by atoms with Crippen molar-refractivity contribution in [3.8, 4) is 0 Å². The second kappa shape index (κ2) is 5.71. The number of hydrogen-bond acceptors (Lipinski definition) is 2. The van der Waals surface area contributed by atoms with Gasteiger partial charge < -0.3 is 10.2 Å². The second-order valence-corrected chi connectivity index (χ2v) is 7.09. The van der Waals surface area contributed by atoms with Crippen LogP contribution in [0.15, 0.2) is 0 Å². The van der Waals surface area contributed by atoms with E-state index in [1.54, 1.807) is 0 Å². The van der Waals surface area contributed by atoms with Gasteiger partial charge >= 0.3 is 0 Å². The van der Waals surface area contributed by atoms with Crippen molar-refractivity contribution in [2.75, 3.05) is 26.2 Å². The van der Waals surface area contributed by atoms with Crippen LogP contribution in [0.1, 0.15) is 52.9 Å². The van der Waals surface area contributed by atoms with Crippen LogP contribution in [0, 0.1) is 11.3 Å². The lowest BCUT2D eigenvalue weighted by molar-refractivity contribution is 0.204. The van der Waals surface area contributed by atoms with Gasteiger partial charge in [-0.1, -0.05) is 20.8 Å². The summed E-state index contributed by atoms with van der Waals surface area (Å²) in [5, 5.41) is 3.62. The fraction of sp³-hybridized carbons (Fsp3) is 1.00. The molecule has 2 heterocycles. The number of rotatable bonds is 2. The summed E-state index contributed by atoms with van der Waals surface area (Å²) in [4.78, 5) is 2.70. The first-order chi connectivity index (χ1) is 8.05. The Hall–Kier alpha value is -0.0800. The highest BCUT2D eigenvalue weighted by Crippen LogP contribution is 2.34. The van der Waals surface area contributed by atoms with E-state index in [-0.39, 0.29) is 0 Å². The molecule has 0 radical (unpaired) electrons. The molecule has 0 aliphatic carbocycles. The molecule has 1 N–H and O–H groups in total. The summed E-state index contributed by atoms with van der Waals surface area (Å²) in [7, 11) is 0. The zero-order chi connectivity index (χ0) is 12.3. The SMILES string of the molecule is CC(C)(C)C1CCCN(CC2CCCN2)CC1. The van der Waals surface area contributed by atoms with Crippen LogP contribution in [-0.2, 0) is 0 Å². The zero-order valence-corrected chi connectivity index (χ0v) is 12.0. The Bertz CT molecular complexity index is 226. The average Bonchev–Trinajstić information content (AvgIpc) is 2.61. The number of likely N-dealkylation sites (tertiary alicyclic amines) is 1. The molecule has 0 aromatic rings. The van der Waals surface area contributed by atoms with Gasteiger partial charge in [0.25, 0.3) is 0 Å². The fourth-order valence-corrected chi connectivity index (χ4v) is 3.43. The largest absolute Gasteiger partial charge is 0.313 e. The van der Waals surface area contributed by atoms with Crippen LogP contribution in [0.2, 0.25) is 0 Å². The third kappa shape index (κ3) is 3.96. The van der Waals surface area contributed by atoms with Crippen molar-refractivity contribution in [3.05, 3.63) is 0 Å². The van der Waals surface area contributed by atoms with Crippen molar-refractivity contribution in [2.24, 2.45) is 11.3 Å². The standard InChI is InChI=1S/C15H30N2/c1-15(2,3)13-6-5-10-17(11-8-13)12-14-7-4-9-16-14/h13-14,16H,4-12H2,1-3H3. The molecule has 0 bridgehead atoms. The van der Waals surface area contributed by atoms with Crippen LogP contribution >= 0.6 is 0 Å². The molecular weight excluding hydrogens is 208 g/mol. The summed E-state index contributed by atoms with van der Waals surface area (Å²) in [6.07, 6.45) is 6.99. The van der Waals surface area contributed by atoms with Crippen molar-refractivity contribution < 1.29 is 0 Å². The van der Waals surface area contributed by atoms with Gasteiger partial charge in [0.2, 0.25) is 0 Å².